The van der Waals surface area contributed by atoms with Crippen LogP contribution in [0.5, 0.6) is 11.5 Å². The summed E-state index contributed by atoms with van der Waals surface area (Å²) in [6, 6.07) is 13.9. The van der Waals surface area contributed by atoms with E-state index in [1.165, 1.54) is 5.56 Å². The van der Waals surface area contributed by atoms with Crippen molar-refractivity contribution in [2.24, 2.45) is 0 Å². The van der Waals surface area contributed by atoms with Crippen molar-refractivity contribution in [3.8, 4) is 11.5 Å². The number of nitrogens with zero attached hydrogens (tertiary/aromatic N) is 1. The molecule has 0 aliphatic carbocycles. The van der Waals surface area contributed by atoms with E-state index in [1.54, 1.807) is 0 Å². The van der Waals surface area contributed by atoms with Gasteiger partial charge in [-0.25, -0.2) is 0 Å². The van der Waals surface area contributed by atoms with Gasteiger partial charge in [-0.1, -0.05) is 30.3 Å². The van der Waals surface area contributed by atoms with E-state index in [0.29, 0.717) is 12.3 Å². The number of benzene rings is 2. The molecule has 0 spiro atoms. The van der Waals surface area contributed by atoms with Crippen molar-refractivity contribution in [3.63, 3.8) is 0 Å². The largest absolute Gasteiger partial charge is 0.483 e. The minimum atomic E-state index is -0.565. The van der Waals surface area contributed by atoms with Gasteiger partial charge in [0.1, 0.15) is 5.60 Å². The van der Waals surface area contributed by atoms with Crippen LogP contribution in [0.15, 0.2) is 42.5 Å². The van der Waals surface area contributed by atoms with Crippen LogP contribution in [0.1, 0.15) is 31.9 Å². The van der Waals surface area contributed by atoms with Gasteiger partial charge in [-0.05, 0) is 44.9 Å². The van der Waals surface area contributed by atoms with Crippen molar-refractivity contribution in [1.82, 2.24) is 0 Å². The summed E-state index contributed by atoms with van der Waals surface area (Å²) in [6.07, 6.45) is 1.18. The lowest BCUT2D eigenvalue weighted by atomic mass is 10.0. The van der Waals surface area contributed by atoms with Gasteiger partial charge in [-0.2, -0.15) is 0 Å². The van der Waals surface area contributed by atoms with E-state index >= 15 is 0 Å². The minimum Gasteiger partial charge on any atom is -0.483 e. The molecule has 1 amide bonds. The van der Waals surface area contributed by atoms with Crippen LogP contribution in [-0.2, 0) is 17.6 Å². The first-order valence-electron chi connectivity index (χ1n) is 8.81. The molecule has 2 aliphatic heterocycles. The Labute approximate surface area is 148 Å². The Bertz CT molecular complexity index is 828. The van der Waals surface area contributed by atoms with Crippen molar-refractivity contribution >= 4 is 11.6 Å². The van der Waals surface area contributed by atoms with E-state index < -0.39 is 6.10 Å². The van der Waals surface area contributed by atoms with Crippen LogP contribution in [0, 0.1) is 0 Å². The molecule has 2 heterocycles. The highest BCUT2D eigenvalue weighted by Crippen LogP contribution is 2.42. The van der Waals surface area contributed by atoms with Crippen molar-refractivity contribution in [2.45, 2.75) is 45.3 Å². The molecule has 2 aromatic carbocycles. The highest BCUT2D eigenvalue weighted by molar-refractivity contribution is 5.98. The van der Waals surface area contributed by atoms with E-state index in [2.05, 4.69) is 26.0 Å². The lowest BCUT2D eigenvalue weighted by Gasteiger charge is -2.23. The first kappa shape index (κ1) is 16.0. The van der Waals surface area contributed by atoms with Gasteiger partial charge in [0.2, 0.25) is 0 Å². The van der Waals surface area contributed by atoms with Gasteiger partial charge < -0.3 is 14.4 Å². The second-order valence-corrected chi connectivity index (χ2v) is 7.41. The van der Waals surface area contributed by atoms with Gasteiger partial charge in [-0.15, -0.1) is 0 Å². The zero-order chi connectivity index (χ0) is 17.6. The maximum Gasteiger partial charge on any atom is 0.267 e. The van der Waals surface area contributed by atoms with Crippen LogP contribution in [0.4, 0.5) is 5.69 Å². The van der Waals surface area contributed by atoms with Crippen LogP contribution in [-0.4, -0.2) is 24.2 Å². The Morgan fingerprint density at radius 1 is 1.16 bits per heavy atom. The molecule has 2 aliphatic rings. The third-order valence-corrected chi connectivity index (χ3v) is 4.86. The average Bonchev–Trinajstić information content (AvgIpc) is 3.14. The van der Waals surface area contributed by atoms with E-state index in [-0.39, 0.29) is 11.5 Å². The molecule has 4 heteroatoms. The summed E-state index contributed by atoms with van der Waals surface area (Å²) >= 11 is 0. The summed E-state index contributed by atoms with van der Waals surface area (Å²) in [4.78, 5) is 14.7. The number of para-hydroxylation sites is 2. The Morgan fingerprint density at radius 2 is 1.92 bits per heavy atom. The number of hydrogen-bond acceptors (Lipinski definition) is 3. The van der Waals surface area contributed by atoms with Gasteiger partial charge in [0, 0.05) is 24.2 Å². The molecule has 0 N–H and O–H groups in total. The molecular weight excluding hydrogens is 314 g/mol. The normalized spacial score (nSPS) is 18.3. The number of hydrogen-bond donors (Lipinski definition) is 0. The fourth-order valence-electron chi connectivity index (χ4n) is 3.71. The third-order valence-electron chi connectivity index (χ3n) is 4.86. The maximum absolute atomic E-state index is 12.9. The molecule has 25 heavy (non-hydrogen) atoms. The SMILES string of the molecule is C[C@@H](Oc1cccc2c1OC(C)(C)C2)C(=O)N1CCc2ccccc21. The van der Waals surface area contributed by atoms with Crippen molar-refractivity contribution < 1.29 is 14.3 Å². The number of amides is 1. The van der Waals surface area contributed by atoms with Crippen LogP contribution < -0.4 is 14.4 Å². The van der Waals surface area contributed by atoms with Crippen LogP contribution in [0.3, 0.4) is 0 Å². The van der Waals surface area contributed by atoms with Gasteiger partial charge in [0.05, 0.1) is 0 Å². The first-order valence-corrected chi connectivity index (χ1v) is 8.81. The molecule has 0 aromatic heterocycles. The number of fused-ring (bicyclic) bond motifs is 2. The minimum absolute atomic E-state index is 0.0141. The molecule has 0 fully saturated rings. The lowest BCUT2D eigenvalue weighted by molar-refractivity contribution is -0.124. The van der Waals surface area contributed by atoms with Crippen LogP contribution in [0.2, 0.25) is 0 Å². The summed E-state index contributed by atoms with van der Waals surface area (Å²) in [5.74, 6) is 1.41. The number of anilines is 1. The Hall–Kier alpha value is -2.49. The third kappa shape index (κ3) is 2.86. The van der Waals surface area contributed by atoms with E-state index in [0.717, 1.165) is 29.8 Å². The van der Waals surface area contributed by atoms with Gasteiger partial charge in [0.15, 0.2) is 17.6 Å². The molecule has 130 valence electrons. The molecule has 4 rings (SSSR count). The smallest absolute Gasteiger partial charge is 0.267 e. The van der Waals surface area contributed by atoms with Gasteiger partial charge in [-0.3, -0.25) is 4.79 Å². The summed E-state index contributed by atoms with van der Waals surface area (Å²) in [5, 5.41) is 0. The number of rotatable bonds is 3. The monoisotopic (exact) mass is 337 g/mol. The zero-order valence-corrected chi connectivity index (χ0v) is 14.9. The van der Waals surface area contributed by atoms with E-state index in [1.807, 2.05) is 42.2 Å². The second kappa shape index (κ2) is 5.80. The summed E-state index contributed by atoms with van der Waals surface area (Å²) in [6.45, 7) is 6.64. The molecule has 0 unspecified atom stereocenters. The van der Waals surface area contributed by atoms with Crippen molar-refractivity contribution in [3.05, 3.63) is 53.6 Å². The molecule has 0 saturated heterocycles. The van der Waals surface area contributed by atoms with Crippen LogP contribution >= 0.6 is 0 Å². The summed E-state index contributed by atoms with van der Waals surface area (Å²) < 4.78 is 12.1. The van der Waals surface area contributed by atoms with E-state index in [9.17, 15) is 4.79 Å². The quantitative estimate of drug-likeness (QED) is 0.856. The average molecular weight is 337 g/mol. The molecule has 0 saturated carbocycles. The molecular formula is C21H23NO3. The second-order valence-electron chi connectivity index (χ2n) is 7.41. The number of carbonyl (C=O) groups is 1. The van der Waals surface area contributed by atoms with Gasteiger partial charge >= 0.3 is 0 Å². The highest BCUT2D eigenvalue weighted by atomic mass is 16.5. The maximum atomic E-state index is 12.9. The standard InChI is InChI=1S/C21H23NO3/c1-14(20(23)22-12-11-15-7-4-5-9-17(15)22)24-18-10-6-8-16-13-21(2,3)25-19(16)18/h4-10,14H,11-13H2,1-3H3/t14-/m1/s1. The zero-order valence-electron chi connectivity index (χ0n) is 14.9. The Kier molecular flexibility index (Phi) is 3.71. The fourth-order valence-corrected chi connectivity index (χ4v) is 3.71. The summed E-state index contributed by atoms with van der Waals surface area (Å²) in [5.41, 5.74) is 3.11. The van der Waals surface area contributed by atoms with Crippen LogP contribution in [0.25, 0.3) is 0 Å². The molecule has 0 bridgehead atoms. The van der Waals surface area contributed by atoms with Gasteiger partial charge in [0.25, 0.3) is 5.91 Å². The summed E-state index contributed by atoms with van der Waals surface area (Å²) in [7, 11) is 0. The Morgan fingerprint density at radius 3 is 2.76 bits per heavy atom. The topological polar surface area (TPSA) is 38.8 Å². The molecule has 2 aromatic rings. The van der Waals surface area contributed by atoms with E-state index in [4.69, 9.17) is 9.47 Å². The predicted molar refractivity (Wildman–Crippen MR) is 97.4 cm³/mol. The molecule has 1 atom stereocenters. The first-order chi connectivity index (χ1) is 11.9. The fraction of sp³-hybridized carbons (Fsp3) is 0.381. The highest BCUT2D eigenvalue weighted by Gasteiger charge is 2.34. The molecule has 4 nitrogen and oxygen atoms in total. The predicted octanol–water partition coefficient (Wildman–Crippen LogP) is 3.76. The van der Waals surface area contributed by atoms with Crippen molar-refractivity contribution in [1.29, 1.82) is 0 Å². The number of ether oxygens (including phenoxy) is 2. The lowest BCUT2D eigenvalue weighted by Crippen LogP contribution is -2.39. The Balaban J connectivity index is 1.53. The molecule has 0 radical (unpaired) electrons. The number of carbonyl (C=O) groups excluding carboxylic acids is 1. The van der Waals surface area contributed by atoms with Crippen molar-refractivity contribution in [2.75, 3.05) is 11.4 Å².